The molecule has 2 rings (SSSR count). The largest absolute Gasteiger partial charge is 0.356 e. The van der Waals surface area contributed by atoms with Crippen molar-refractivity contribution in [3.05, 3.63) is 41.6 Å². The predicted octanol–water partition coefficient (Wildman–Crippen LogP) is 3.40. The second-order valence-electron chi connectivity index (χ2n) is 4.41. The lowest BCUT2D eigenvalue weighted by molar-refractivity contribution is 0.431. The van der Waals surface area contributed by atoms with Crippen LogP contribution in [0.5, 0.6) is 0 Å². The van der Waals surface area contributed by atoms with Gasteiger partial charge in [-0.25, -0.2) is 0 Å². The zero-order valence-corrected chi connectivity index (χ0v) is 11.1. The maximum absolute atomic E-state index is 5.36. The average molecular weight is 244 g/mol. The standard InChI is InChI=1S/C15H20N2O/c1-3-9-16-10-14-11-17-18-15(14)13-7-5-12(4-2)6-8-13/h5-8,11,16H,3-4,9-10H2,1-2H3. The number of aryl methyl sites for hydroxylation is 1. The first-order valence-electron chi connectivity index (χ1n) is 6.58. The summed E-state index contributed by atoms with van der Waals surface area (Å²) >= 11 is 0. The third kappa shape index (κ3) is 2.99. The first kappa shape index (κ1) is 12.8. The van der Waals surface area contributed by atoms with Crippen molar-refractivity contribution in [1.29, 1.82) is 0 Å². The van der Waals surface area contributed by atoms with Crippen LogP contribution in [0.4, 0.5) is 0 Å². The third-order valence-electron chi connectivity index (χ3n) is 3.01. The minimum Gasteiger partial charge on any atom is -0.356 e. The molecule has 1 heterocycles. The fourth-order valence-corrected chi connectivity index (χ4v) is 1.92. The first-order valence-corrected chi connectivity index (χ1v) is 6.58. The van der Waals surface area contributed by atoms with E-state index in [2.05, 4.69) is 48.6 Å². The van der Waals surface area contributed by atoms with Crippen molar-refractivity contribution >= 4 is 0 Å². The molecule has 0 aliphatic carbocycles. The summed E-state index contributed by atoms with van der Waals surface area (Å²) in [6.45, 7) is 6.14. The number of benzene rings is 1. The Labute approximate surface area is 108 Å². The summed E-state index contributed by atoms with van der Waals surface area (Å²) in [5.74, 6) is 0.876. The highest BCUT2D eigenvalue weighted by atomic mass is 16.5. The Morgan fingerprint density at radius 2 is 1.94 bits per heavy atom. The number of rotatable bonds is 6. The highest BCUT2D eigenvalue weighted by molar-refractivity contribution is 5.60. The topological polar surface area (TPSA) is 38.1 Å². The molecule has 3 heteroatoms. The van der Waals surface area contributed by atoms with E-state index < -0.39 is 0 Å². The van der Waals surface area contributed by atoms with Gasteiger partial charge in [-0.05, 0) is 24.9 Å². The molecule has 0 aliphatic rings. The summed E-state index contributed by atoms with van der Waals surface area (Å²) < 4.78 is 5.36. The molecular formula is C15H20N2O. The van der Waals surface area contributed by atoms with Gasteiger partial charge < -0.3 is 9.84 Å². The van der Waals surface area contributed by atoms with E-state index in [4.69, 9.17) is 4.52 Å². The van der Waals surface area contributed by atoms with E-state index in [9.17, 15) is 0 Å². The smallest absolute Gasteiger partial charge is 0.171 e. The highest BCUT2D eigenvalue weighted by Gasteiger charge is 2.09. The zero-order valence-electron chi connectivity index (χ0n) is 11.1. The van der Waals surface area contributed by atoms with Crippen LogP contribution in [-0.2, 0) is 13.0 Å². The number of aromatic nitrogens is 1. The van der Waals surface area contributed by atoms with Crippen LogP contribution in [0.25, 0.3) is 11.3 Å². The second-order valence-corrected chi connectivity index (χ2v) is 4.41. The molecule has 0 aliphatic heterocycles. The van der Waals surface area contributed by atoms with Gasteiger partial charge in [-0.15, -0.1) is 0 Å². The lowest BCUT2D eigenvalue weighted by Crippen LogP contribution is -2.13. The Bertz CT molecular complexity index is 473. The van der Waals surface area contributed by atoms with E-state index in [1.54, 1.807) is 6.20 Å². The van der Waals surface area contributed by atoms with Gasteiger partial charge in [0.1, 0.15) is 0 Å². The Morgan fingerprint density at radius 1 is 1.17 bits per heavy atom. The van der Waals surface area contributed by atoms with Crippen LogP contribution in [0.1, 0.15) is 31.4 Å². The van der Waals surface area contributed by atoms with Crippen LogP contribution in [0, 0.1) is 0 Å². The fraction of sp³-hybridized carbons (Fsp3) is 0.400. The van der Waals surface area contributed by atoms with Crippen LogP contribution < -0.4 is 5.32 Å². The molecule has 3 nitrogen and oxygen atoms in total. The summed E-state index contributed by atoms with van der Waals surface area (Å²) in [6, 6.07) is 8.48. The maximum atomic E-state index is 5.36. The van der Waals surface area contributed by atoms with Gasteiger partial charge in [-0.2, -0.15) is 0 Å². The molecule has 0 bridgehead atoms. The second kappa shape index (κ2) is 6.36. The quantitative estimate of drug-likeness (QED) is 0.791. The molecule has 1 aromatic heterocycles. The highest BCUT2D eigenvalue weighted by Crippen LogP contribution is 2.23. The van der Waals surface area contributed by atoms with Crippen molar-refractivity contribution in [2.45, 2.75) is 33.2 Å². The SMILES string of the molecule is CCCNCc1cnoc1-c1ccc(CC)cc1. The van der Waals surface area contributed by atoms with Crippen LogP contribution in [0.2, 0.25) is 0 Å². The summed E-state index contributed by atoms with van der Waals surface area (Å²) in [7, 11) is 0. The molecule has 18 heavy (non-hydrogen) atoms. The summed E-state index contributed by atoms with van der Waals surface area (Å²) in [5, 5.41) is 7.28. The first-order chi connectivity index (χ1) is 8.85. The minimum atomic E-state index is 0.808. The Balaban J connectivity index is 2.14. The molecular weight excluding hydrogens is 224 g/mol. The van der Waals surface area contributed by atoms with Gasteiger partial charge >= 0.3 is 0 Å². The van der Waals surface area contributed by atoms with Gasteiger partial charge in [0.15, 0.2) is 5.76 Å². The number of hydrogen-bond donors (Lipinski definition) is 1. The molecule has 0 atom stereocenters. The summed E-state index contributed by atoms with van der Waals surface area (Å²) in [6.07, 6.45) is 3.99. The monoisotopic (exact) mass is 244 g/mol. The van der Waals surface area contributed by atoms with Crippen molar-refractivity contribution in [2.75, 3.05) is 6.54 Å². The average Bonchev–Trinajstić information content (AvgIpc) is 2.88. The number of nitrogens with zero attached hydrogens (tertiary/aromatic N) is 1. The van der Waals surface area contributed by atoms with E-state index in [0.29, 0.717) is 0 Å². The van der Waals surface area contributed by atoms with Crippen molar-refractivity contribution in [2.24, 2.45) is 0 Å². The van der Waals surface area contributed by atoms with E-state index in [1.165, 1.54) is 5.56 Å². The normalized spacial score (nSPS) is 10.8. The molecule has 2 aromatic rings. The maximum Gasteiger partial charge on any atom is 0.171 e. The van der Waals surface area contributed by atoms with Gasteiger partial charge in [0.2, 0.25) is 0 Å². The molecule has 1 N–H and O–H groups in total. The molecule has 0 unspecified atom stereocenters. The van der Waals surface area contributed by atoms with Crippen molar-refractivity contribution in [3.8, 4) is 11.3 Å². The molecule has 0 saturated heterocycles. The number of nitrogens with one attached hydrogen (secondary N) is 1. The fourth-order valence-electron chi connectivity index (χ4n) is 1.92. The van der Waals surface area contributed by atoms with Crippen LogP contribution in [-0.4, -0.2) is 11.7 Å². The lowest BCUT2D eigenvalue weighted by atomic mass is 10.1. The molecule has 0 saturated carbocycles. The Kier molecular flexibility index (Phi) is 4.53. The summed E-state index contributed by atoms with van der Waals surface area (Å²) in [5.41, 5.74) is 3.55. The molecule has 0 amide bonds. The van der Waals surface area contributed by atoms with Crippen LogP contribution >= 0.6 is 0 Å². The molecule has 0 radical (unpaired) electrons. The van der Waals surface area contributed by atoms with Gasteiger partial charge in [0.05, 0.1) is 6.20 Å². The minimum absolute atomic E-state index is 0.808. The van der Waals surface area contributed by atoms with Crippen molar-refractivity contribution in [1.82, 2.24) is 10.5 Å². The predicted molar refractivity (Wildman–Crippen MR) is 73.3 cm³/mol. The van der Waals surface area contributed by atoms with Crippen LogP contribution in [0.3, 0.4) is 0 Å². The lowest BCUT2D eigenvalue weighted by Gasteiger charge is -2.03. The van der Waals surface area contributed by atoms with Gasteiger partial charge in [-0.3, -0.25) is 0 Å². The summed E-state index contributed by atoms with van der Waals surface area (Å²) in [4.78, 5) is 0. The molecule has 96 valence electrons. The number of hydrogen-bond acceptors (Lipinski definition) is 3. The van der Waals surface area contributed by atoms with E-state index >= 15 is 0 Å². The van der Waals surface area contributed by atoms with E-state index in [0.717, 1.165) is 42.8 Å². The van der Waals surface area contributed by atoms with Gasteiger partial charge in [0.25, 0.3) is 0 Å². The zero-order chi connectivity index (χ0) is 12.8. The van der Waals surface area contributed by atoms with Crippen molar-refractivity contribution in [3.63, 3.8) is 0 Å². The third-order valence-corrected chi connectivity index (χ3v) is 3.01. The van der Waals surface area contributed by atoms with E-state index in [1.807, 2.05) is 0 Å². The Morgan fingerprint density at radius 3 is 2.61 bits per heavy atom. The van der Waals surface area contributed by atoms with E-state index in [-0.39, 0.29) is 0 Å². The molecule has 0 spiro atoms. The van der Waals surface area contributed by atoms with Gasteiger partial charge in [-0.1, -0.05) is 43.3 Å². The van der Waals surface area contributed by atoms with Gasteiger partial charge in [0, 0.05) is 17.7 Å². The Hall–Kier alpha value is -1.61. The van der Waals surface area contributed by atoms with Crippen molar-refractivity contribution < 1.29 is 4.52 Å². The molecule has 0 fully saturated rings. The van der Waals surface area contributed by atoms with Crippen LogP contribution in [0.15, 0.2) is 35.0 Å². The molecule has 1 aromatic carbocycles.